The molecular weight excluding hydrogens is 248 g/mol. The highest BCUT2D eigenvalue weighted by Gasteiger charge is 2.33. The lowest BCUT2D eigenvalue weighted by molar-refractivity contribution is 0.242. The third-order valence-corrected chi connectivity index (χ3v) is 4.81. The van der Waals surface area contributed by atoms with Gasteiger partial charge in [0.15, 0.2) is 0 Å². The second-order valence-electron chi connectivity index (χ2n) is 5.93. The normalized spacial score (nSPS) is 17.4. The lowest BCUT2D eigenvalue weighted by Gasteiger charge is -2.28. The maximum absolute atomic E-state index is 9.06. The molecule has 1 aliphatic carbocycles. The van der Waals surface area contributed by atoms with E-state index >= 15 is 0 Å². The molecule has 20 heavy (non-hydrogen) atoms. The molecule has 0 amide bonds. The van der Waals surface area contributed by atoms with Gasteiger partial charge < -0.3 is 10.3 Å². The van der Waals surface area contributed by atoms with E-state index in [-0.39, 0.29) is 0 Å². The number of nitrogen functional groups attached to an aromatic ring is 1. The predicted molar refractivity (Wildman–Crippen MR) is 80.1 cm³/mol. The van der Waals surface area contributed by atoms with E-state index in [9.17, 15) is 0 Å². The molecule has 0 unspecified atom stereocenters. The number of hydrogen-bond acceptors (Lipinski definition) is 3. The SMILES string of the molecule is CCC1(Cn2c(N)nc3ccc(C#N)cc32)CCCC1. The van der Waals surface area contributed by atoms with Crippen LogP contribution in [0.2, 0.25) is 0 Å². The average molecular weight is 268 g/mol. The maximum Gasteiger partial charge on any atom is 0.201 e. The van der Waals surface area contributed by atoms with E-state index in [1.54, 1.807) is 6.07 Å². The van der Waals surface area contributed by atoms with Gasteiger partial charge in [-0.3, -0.25) is 0 Å². The molecule has 4 nitrogen and oxygen atoms in total. The van der Waals surface area contributed by atoms with Crippen LogP contribution in [0.15, 0.2) is 18.2 Å². The van der Waals surface area contributed by atoms with E-state index < -0.39 is 0 Å². The number of nitrogens with two attached hydrogens (primary N) is 1. The smallest absolute Gasteiger partial charge is 0.201 e. The van der Waals surface area contributed by atoms with Crippen LogP contribution in [-0.4, -0.2) is 9.55 Å². The minimum atomic E-state index is 0.352. The van der Waals surface area contributed by atoms with E-state index in [0.717, 1.165) is 17.6 Å². The lowest BCUT2D eigenvalue weighted by atomic mass is 9.83. The summed E-state index contributed by atoms with van der Waals surface area (Å²) in [5.74, 6) is 0.565. The molecule has 0 aliphatic heterocycles. The van der Waals surface area contributed by atoms with Crippen molar-refractivity contribution in [2.75, 3.05) is 5.73 Å². The Kier molecular flexibility index (Phi) is 3.13. The second-order valence-corrected chi connectivity index (χ2v) is 5.93. The molecule has 1 aliphatic rings. The van der Waals surface area contributed by atoms with Crippen molar-refractivity contribution in [3.05, 3.63) is 23.8 Å². The number of imidazole rings is 1. The van der Waals surface area contributed by atoms with Crippen LogP contribution in [0.1, 0.15) is 44.6 Å². The first-order chi connectivity index (χ1) is 9.67. The summed E-state index contributed by atoms with van der Waals surface area (Å²) in [7, 11) is 0. The van der Waals surface area contributed by atoms with Crippen molar-refractivity contribution in [3.63, 3.8) is 0 Å². The monoisotopic (exact) mass is 268 g/mol. The van der Waals surface area contributed by atoms with Crippen molar-refractivity contribution in [1.82, 2.24) is 9.55 Å². The number of nitrogens with zero attached hydrogens (tertiary/aromatic N) is 3. The Balaban J connectivity index is 2.06. The fourth-order valence-electron chi connectivity index (χ4n) is 3.46. The zero-order valence-electron chi connectivity index (χ0n) is 11.9. The second kappa shape index (κ2) is 4.82. The van der Waals surface area contributed by atoms with Gasteiger partial charge in [-0.15, -0.1) is 0 Å². The van der Waals surface area contributed by atoms with Gasteiger partial charge in [-0.05, 0) is 42.9 Å². The number of nitriles is 1. The largest absolute Gasteiger partial charge is 0.369 e. The van der Waals surface area contributed by atoms with Crippen molar-refractivity contribution < 1.29 is 0 Å². The van der Waals surface area contributed by atoms with Crippen LogP contribution in [0.4, 0.5) is 5.95 Å². The number of hydrogen-bond donors (Lipinski definition) is 1. The highest BCUT2D eigenvalue weighted by atomic mass is 15.2. The first kappa shape index (κ1) is 13.0. The van der Waals surface area contributed by atoms with E-state index in [0.29, 0.717) is 16.9 Å². The number of aromatic nitrogens is 2. The highest BCUT2D eigenvalue weighted by Crippen LogP contribution is 2.43. The number of rotatable bonds is 3. The molecule has 1 heterocycles. The Labute approximate surface area is 119 Å². The van der Waals surface area contributed by atoms with Crippen LogP contribution < -0.4 is 5.73 Å². The standard InChI is InChI=1S/C16H20N4/c1-2-16(7-3-4-8-16)11-20-14-9-12(10-17)5-6-13(14)19-15(20)18/h5-6,9H,2-4,7-8,11H2,1H3,(H2,18,19). The third-order valence-electron chi connectivity index (χ3n) is 4.81. The molecule has 0 bridgehead atoms. The van der Waals surface area contributed by atoms with E-state index in [4.69, 9.17) is 11.0 Å². The molecular formula is C16H20N4. The zero-order valence-corrected chi connectivity index (χ0v) is 11.9. The van der Waals surface area contributed by atoms with Crippen LogP contribution in [-0.2, 0) is 6.54 Å². The number of benzene rings is 1. The van der Waals surface area contributed by atoms with E-state index in [1.807, 2.05) is 12.1 Å². The topological polar surface area (TPSA) is 67.6 Å². The van der Waals surface area contributed by atoms with E-state index in [1.165, 1.54) is 32.1 Å². The summed E-state index contributed by atoms with van der Waals surface area (Å²) < 4.78 is 2.10. The first-order valence-electron chi connectivity index (χ1n) is 7.33. The third kappa shape index (κ3) is 2.03. The van der Waals surface area contributed by atoms with Gasteiger partial charge in [-0.1, -0.05) is 19.8 Å². The predicted octanol–water partition coefficient (Wildman–Crippen LogP) is 3.46. The molecule has 1 aromatic carbocycles. The molecule has 2 aromatic rings. The molecule has 0 saturated heterocycles. The number of anilines is 1. The van der Waals surface area contributed by atoms with Gasteiger partial charge in [0, 0.05) is 6.54 Å². The van der Waals surface area contributed by atoms with Crippen molar-refractivity contribution in [3.8, 4) is 6.07 Å². The van der Waals surface area contributed by atoms with Crippen LogP contribution in [0.25, 0.3) is 11.0 Å². The highest BCUT2D eigenvalue weighted by molar-refractivity contribution is 5.79. The van der Waals surface area contributed by atoms with Crippen LogP contribution in [0, 0.1) is 16.7 Å². The lowest BCUT2D eigenvalue weighted by Crippen LogP contribution is -2.23. The summed E-state index contributed by atoms with van der Waals surface area (Å²) >= 11 is 0. The van der Waals surface area contributed by atoms with Gasteiger partial charge in [0.1, 0.15) is 0 Å². The fraction of sp³-hybridized carbons (Fsp3) is 0.500. The van der Waals surface area contributed by atoms with Crippen molar-refractivity contribution in [2.45, 2.75) is 45.6 Å². The summed E-state index contributed by atoms with van der Waals surface area (Å²) in [6, 6.07) is 7.77. The Morgan fingerprint density at radius 3 is 2.80 bits per heavy atom. The minimum Gasteiger partial charge on any atom is -0.369 e. The average Bonchev–Trinajstić information content (AvgIpc) is 3.05. The quantitative estimate of drug-likeness (QED) is 0.926. The van der Waals surface area contributed by atoms with Crippen LogP contribution in [0.3, 0.4) is 0 Å². The fourth-order valence-corrected chi connectivity index (χ4v) is 3.46. The molecule has 1 fully saturated rings. The van der Waals surface area contributed by atoms with Crippen molar-refractivity contribution in [1.29, 1.82) is 5.26 Å². The number of fused-ring (bicyclic) bond motifs is 1. The summed E-state index contributed by atoms with van der Waals surface area (Å²) in [5.41, 5.74) is 8.99. The molecule has 104 valence electrons. The first-order valence-corrected chi connectivity index (χ1v) is 7.33. The van der Waals surface area contributed by atoms with Gasteiger partial charge >= 0.3 is 0 Å². The Morgan fingerprint density at radius 2 is 2.15 bits per heavy atom. The van der Waals surface area contributed by atoms with Gasteiger partial charge in [0.25, 0.3) is 0 Å². The maximum atomic E-state index is 9.06. The summed E-state index contributed by atoms with van der Waals surface area (Å²) in [4.78, 5) is 4.43. The minimum absolute atomic E-state index is 0.352. The molecule has 2 N–H and O–H groups in total. The van der Waals surface area contributed by atoms with Crippen molar-refractivity contribution in [2.24, 2.45) is 5.41 Å². The van der Waals surface area contributed by atoms with Crippen LogP contribution in [0.5, 0.6) is 0 Å². The molecule has 3 rings (SSSR count). The molecule has 1 saturated carbocycles. The van der Waals surface area contributed by atoms with Gasteiger partial charge in [0.2, 0.25) is 5.95 Å². The Bertz CT molecular complexity index is 672. The Morgan fingerprint density at radius 1 is 1.40 bits per heavy atom. The van der Waals surface area contributed by atoms with Gasteiger partial charge in [-0.2, -0.15) is 5.26 Å². The van der Waals surface area contributed by atoms with Crippen molar-refractivity contribution >= 4 is 17.0 Å². The summed E-state index contributed by atoms with van der Waals surface area (Å²) in [6.07, 6.45) is 6.32. The molecule has 4 heteroatoms. The van der Waals surface area contributed by atoms with Gasteiger partial charge in [0.05, 0.1) is 22.7 Å². The summed E-state index contributed by atoms with van der Waals surface area (Å²) in [5, 5.41) is 9.06. The Hall–Kier alpha value is -2.02. The van der Waals surface area contributed by atoms with Gasteiger partial charge in [-0.25, -0.2) is 4.98 Å². The zero-order chi connectivity index (χ0) is 14.2. The summed E-state index contributed by atoms with van der Waals surface area (Å²) in [6.45, 7) is 3.18. The molecule has 0 spiro atoms. The van der Waals surface area contributed by atoms with Crippen LogP contribution >= 0.6 is 0 Å². The molecule has 0 radical (unpaired) electrons. The van der Waals surface area contributed by atoms with E-state index in [2.05, 4.69) is 22.5 Å². The molecule has 0 atom stereocenters. The molecule has 1 aromatic heterocycles.